The van der Waals surface area contributed by atoms with Crippen molar-refractivity contribution in [1.29, 1.82) is 0 Å². The molecule has 1 N–H and O–H groups in total. The maximum Gasteiger partial charge on any atom is 0.0590 e. The Balaban J connectivity index is 1.86. The van der Waals surface area contributed by atoms with Gasteiger partial charge in [0.1, 0.15) is 0 Å². The van der Waals surface area contributed by atoms with Crippen molar-refractivity contribution in [2.24, 2.45) is 5.10 Å². The average molecular weight is 260 g/mol. The molecule has 0 unspecified atom stereocenters. The zero-order valence-electron chi connectivity index (χ0n) is 11.4. The number of nitrogens with zero attached hydrogens (tertiary/aromatic N) is 1. The molecular formula is C18H16N2. The molecule has 0 bridgehead atoms. The summed E-state index contributed by atoms with van der Waals surface area (Å²) in [6.45, 7) is 2.07. The van der Waals surface area contributed by atoms with Gasteiger partial charge in [-0.15, -0.1) is 0 Å². The summed E-state index contributed by atoms with van der Waals surface area (Å²) in [5.41, 5.74) is 6.42. The monoisotopic (exact) mass is 260 g/mol. The number of benzene rings is 3. The molecule has 0 fully saturated rings. The smallest absolute Gasteiger partial charge is 0.0590 e. The fourth-order valence-electron chi connectivity index (χ4n) is 2.23. The first-order valence-electron chi connectivity index (χ1n) is 6.67. The summed E-state index contributed by atoms with van der Waals surface area (Å²) >= 11 is 0. The second-order valence-electron chi connectivity index (χ2n) is 4.75. The second kappa shape index (κ2) is 5.57. The number of hydrogen-bond donors (Lipinski definition) is 1. The summed E-state index contributed by atoms with van der Waals surface area (Å²) in [5.74, 6) is 0. The first-order chi connectivity index (χ1) is 9.84. The van der Waals surface area contributed by atoms with Gasteiger partial charge in [0.25, 0.3) is 0 Å². The van der Waals surface area contributed by atoms with Crippen LogP contribution in [0.5, 0.6) is 0 Å². The molecule has 0 radical (unpaired) electrons. The van der Waals surface area contributed by atoms with Crippen LogP contribution in [0.4, 0.5) is 5.69 Å². The molecule has 0 aliphatic rings. The lowest BCUT2D eigenvalue weighted by Crippen LogP contribution is -1.93. The number of para-hydroxylation sites is 1. The van der Waals surface area contributed by atoms with Crippen molar-refractivity contribution in [3.63, 3.8) is 0 Å². The highest BCUT2D eigenvalue weighted by atomic mass is 15.3. The first kappa shape index (κ1) is 12.4. The highest BCUT2D eigenvalue weighted by Gasteiger charge is 1.97. The van der Waals surface area contributed by atoms with E-state index in [1.54, 1.807) is 0 Å². The van der Waals surface area contributed by atoms with E-state index in [1.165, 1.54) is 16.3 Å². The van der Waals surface area contributed by atoms with Crippen LogP contribution in [0.3, 0.4) is 0 Å². The minimum absolute atomic E-state index is 1.03. The fraction of sp³-hybridized carbons (Fsp3) is 0.0556. The average Bonchev–Trinajstić information content (AvgIpc) is 2.49. The summed E-state index contributed by atoms with van der Waals surface area (Å²) in [4.78, 5) is 0. The lowest BCUT2D eigenvalue weighted by Gasteiger charge is -2.04. The Kier molecular flexibility index (Phi) is 3.46. The highest BCUT2D eigenvalue weighted by Crippen LogP contribution is 2.17. The topological polar surface area (TPSA) is 24.4 Å². The van der Waals surface area contributed by atoms with E-state index in [1.807, 2.05) is 24.4 Å². The van der Waals surface area contributed by atoms with Crippen LogP contribution < -0.4 is 5.43 Å². The van der Waals surface area contributed by atoms with Gasteiger partial charge < -0.3 is 0 Å². The van der Waals surface area contributed by atoms with Gasteiger partial charge in [0, 0.05) is 5.56 Å². The molecule has 20 heavy (non-hydrogen) atoms. The summed E-state index contributed by atoms with van der Waals surface area (Å²) in [5, 5.41) is 6.79. The molecule has 0 aliphatic carbocycles. The molecule has 0 amide bonds. The molecule has 0 atom stereocenters. The molecule has 0 saturated carbocycles. The van der Waals surface area contributed by atoms with Crippen molar-refractivity contribution < 1.29 is 0 Å². The molecule has 2 nitrogen and oxygen atoms in total. The van der Waals surface area contributed by atoms with Crippen LogP contribution >= 0.6 is 0 Å². The number of fused-ring (bicyclic) bond motifs is 1. The lowest BCUT2D eigenvalue weighted by molar-refractivity contribution is 1.31. The van der Waals surface area contributed by atoms with Crippen molar-refractivity contribution in [3.8, 4) is 0 Å². The number of hydrazone groups is 1. The number of rotatable bonds is 3. The Hall–Kier alpha value is -2.61. The van der Waals surface area contributed by atoms with Gasteiger partial charge in [-0.25, -0.2) is 0 Å². The predicted octanol–water partition coefficient (Wildman–Crippen LogP) is 4.59. The van der Waals surface area contributed by atoms with Gasteiger partial charge >= 0.3 is 0 Å². The van der Waals surface area contributed by atoms with Crippen molar-refractivity contribution >= 4 is 22.7 Å². The van der Waals surface area contributed by atoms with E-state index in [4.69, 9.17) is 0 Å². The fourth-order valence-corrected chi connectivity index (χ4v) is 2.23. The summed E-state index contributed by atoms with van der Waals surface area (Å²) < 4.78 is 0. The molecule has 3 aromatic carbocycles. The van der Waals surface area contributed by atoms with E-state index < -0.39 is 0 Å². The number of nitrogens with one attached hydrogen (secondary N) is 1. The van der Waals surface area contributed by atoms with Gasteiger partial charge in [-0.1, -0.05) is 60.7 Å². The molecule has 3 rings (SSSR count). The first-order valence-corrected chi connectivity index (χ1v) is 6.67. The third-order valence-corrected chi connectivity index (χ3v) is 3.36. The van der Waals surface area contributed by atoms with Crippen molar-refractivity contribution in [1.82, 2.24) is 0 Å². The molecule has 0 aliphatic heterocycles. The van der Waals surface area contributed by atoms with Gasteiger partial charge in [0.15, 0.2) is 0 Å². The van der Waals surface area contributed by atoms with Crippen molar-refractivity contribution in [2.75, 3.05) is 5.43 Å². The highest BCUT2D eigenvalue weighted by molar-refractivity contribution is 5.99. The Morgan fingerprint density at radius 3 is 2.50 bits per heavy atom. The van der Waals surface area contributed by atoms with Crippen LogP contribution in [0.25, 0.3) is 10.8 Å². The molecule has 0 saturated heterocycles. The normalized spacial score (nSPS) is 11.1. The molecule has 0 aromatic heterocycles. The largest absolute Gasteiger partial charge is 0.278 e. The zero-order valence-corrected chi connectivity index (χ0v) is 11.4. The van der Waals surface area contributed by atoms with Crippen molar-refractivity contribution in [3.05, 3.63) is 77.9 Å². The summed E-state index contributed by atoms with van der Waals surface area (Å²) in [7, 11) is 0. The van der Waals surface area contributed by atoms with Gasteiger partial charge in [-0.05, 0) is 29.3 Å². The van der Waals surface area contributed by atoms with Crippen LogP contribution in [-0.2, 0) is 0 Å². The van der Waals surface area contributed by atoms with Crippen LogP contribution in [-0.4, -0.2) is 6.21 Å². The quantitative estimate of drug-likeness (QED) is 0.540. The van der Waals surface area contributed by atoms with Crippen LogP contribution in [0, 0.1) is 6.92 Å². The molecule has 3 aromatic rings. The number of aryl methyl sites for hydroxylation is 1. The minimum Gasteiger partial charge on any atom is -0.278 e. The number of hydrogen-bond acceptors (Lipinski definition) is 2. The summed E-state index contributed by atoms with van der Waals surface area (Å²) in [6, 6.07) is 22.7. The van der Waals surface area contributed by atoms with Crippen LogP contribution in [0.1, 0.15) is 11.1 Å². The third-order valence-electron chi connectivity index (χ3n) is 3.36. The standard InChI is InChI=1S/C18H16N2/c1-14-7-2-5-12-18(14)20-19-13-16-10-6-9-15-8-3-4-11-17(15)16/h2-13,20H,1H3/b19-13-. The molecule has 0 heterocycles. The Morgan fingerprint density at radius 2 is 1.60 bits per heavy atom. The van der Waals surface area contributed by atoms with E-state index in [-0.39, 0.29) is 0 Å². The Bertz CT molecular complexity index is 755. The van der Waals surface area contributed by atoms with E-state index in [0.29, 0.717) is 0 Å². The van der Waals surface area contributed by atoms with E-state index in [2.05, 4.69) is 66.0 Å². The Morgan fingerprint density at radius 1 is 0.850 bits per heavy atom. The van der Waals surface area contributed by atoms with Crippen molar-refractivity contribution in [2.45, 2.75) is 6.92 Å². The van der Waals surface area contributed by atoms with Gasteiger partial charge in [-0.2, -0.15) is 5.10 Å². The van der Waals surface area contributed by atoms with Gasteiger partial charge in [0.2, 0.25) is 0 Å². The maximum atomic E-state index is 4.35. The van der Waals surface area contributed by atoms with E-state index in [9.17, 15) is 0 Å². The minimum atomic E-state index is 1.03. The van der Waals surface area contributed by atoms with Crippen LogP contribution in [0.2, 0.25) is 0 Å². The maximum absolute atomic E-state index is 4.35. The molecule has 98 valence electrons. The SMILES string of the molecule is Cc1ccccc1N/N=C\c1cccc2ccccc12. The third kappa shape index (κ3) is 2.54. The molecule has 0 spiro atoms. The summed E-state index contributed by atoms with van der Waals surface area (Å²) in [6.07, 6.45) is 1.87. The van der Waals surface area contributed by atoms with Gasteiger partial charge in [-0.3, -0.25) is 5.43 Å². The van der Waals surface area contributed by atoms with E-state index >= 15 is 0 Å². The zero-order chi connectivity index (χ0) is 13.8. The predicted molar refractivity (Wildman–Crippen MR) is 86.3 cm³/mol. The van der Waals surface area contributed by atoms with Gasteiger partial charge in [0.05, 0.1) is 11.9 Å². The Labute approximate surface area is 118 Å². The second-order valence-corrected chi connectivity index (χ2v) is 4.75. The van der Waals surface area contributed by atoms with Crippen LogP contribution in [0.15, 0.2) is 71.8 Å². The molecular weight excluding hydrogens is 244 g/mol. The molecule has 2 heteroatoms. The number of anilines is 1. The lowest BCUT2D eigenvalue weighted by atomic mass is 10.1. The van der Waals surface area contributed by atoms with E-state index in [0.717, 1.165) is 11.3 Å².